The summed E-state index contributed by atoms with van der Waals surface area (Å²) in [6, 6.07) is 30.8. The molecular formula is C49H63N3O14S5. The predicted molar refractivity (Wildman–Crippen MR) is 269 cm³/mol. The van der Waals surface area contributed by atoms with E-state index in [0.717, 1.165) is 40.7 Å². The Morgan fingerprint density at radius 2 is 0.521 bits per heavy atom. The second-order valence-corrected chi connectivity index (χ2v) is 25.8. The van der Waals surface area contributed by atoms with Gasteiger partial charge in [-0.25, -0.2) is 25.3 Å². The largest absolute Gasteiger partial charge is 0.380 e. The van der Waals surface area contributed by atoms with Crippen LogP contribution in [0, 0.1) is 34.6 Å². The van der Waals surface area contributed by atoms with E-state index in [2.05, 4.69) is 0 Å². The van der Waals surface area contributed by atoms with Crippen molar-refractivity contribution in [3.8, 4) is 0 Å². The van der Waals surface area contributed by atoms with Gasteiger partial charge in [-0.2, -0.15) is 29.8 Å². The first kappa shape index (κ1) is 57.5. The summed E-state index contributed by atoms with van der Waals surface area (Å²) in [6.45, 7) is 6.49. The van der Waals surface area contributed by atoms with Crippen LogP contribution in [0.15, 0.2) is 146 Å². The molecule has 0 aliphatic heterocycles. The van der Waals surface area contributed by atoms with Crippen LogP contribution in [0.25, 0.3) is 0 Å². The third-order valence-electron chi connectivity index (χ3n) is 11.1. The molecule has 0 aliphatic rings. The van der Waals surface area contributed by atoms with Gasteiger partial charge in [0.25, 0.3) is 20.2 Å². The van der Waals surface area contributed by atoms with E-state index in [1.165, 1.54) is 60.7 Å². The standard InChI is InChI=1S/C49H63N3O14S5/c1-40-8-18-45(19-9-40)67(53,54)50(28-30-51(68(55,56)46-20-10-41(2)11-21-46)32-38-63-34-6-36-65-70(59,60)48-24-14-43(4)15-25-48)29-31-52(69(57,58)47-22-12-42(3)13-23-47)33-39-64-35-7-37-66-71(61,62)49-26-16-44(5)17-27-49/h8-27H,6-7,28-39H2,1-5H3. The van der Waals surface area contributed by atoms with Gasteiger partial charge in [0.15, 0.2) is 0 Å². The van der Waals surface area contributed by atoms with E-state index in [1.54, 1.807) is 81.4 Å². The molecule has 0 unspecified atom stereocenters. The van der Waals surface area contributed by atoms with E-state index in [0.29, 0.717) is 0 Å². The molecule has 0 saturated heterocycles. The molecule has 5 aromatic rings. The van der Waals surface area contributed by atoms with Crippen molar-refractivity contribution in [3.63, 3.8) is 0 Å². The van der Waals surface area contributed by atoms with Gasteiger partial charge in [-0.05, 0) is 108 Å². The molecule has 5 aromatic carbocycles. The number of sulfonamides is 3. The lowest BCUT2D eigenvalue weighted by Crippen LogP contribution is -2.46. The van der Waals surface area contributed by atoms with Crippen molar-refractivity contribution in [2.45, 2.75) is 71.9 Å². The highest BCUT2D eigenvalue weighted by Gasteiger charge is 2.32. The summed E-state index contributed by atoms with van der Waals surface area (Å²) >= 11 is 0. The highest BCUT2D eigenvalue weighted by molar-refractivity contribution is 7.90. The lowest BCUT2D eigenvalue weighted by molar-refractivity contribution is 0.108. The Labute approximate surface area is 420 Å². The molecule has 0 fully saturated rings. The fraction of sp³-hybridized carbons (Fsp3) is 0.388. The Morgan fingerprint density at radius 3 is 0.775 bits per heavy atom. The van der Waals surface area contributed by atoms with Gasteiger partial charge in [0, 0.05) is 52.5 Å². The van der Waals surface area contributed by atoms with Crippen LogP contribution >= 0.6 is 0 Å². The quantitative estimate of drug-likeness (QED) is 0.0368. The molecule has 0 N–H and O–H groups in total. The fourth-order valence-electron chi connectivity index (χ4n) is 6.82. The number of aryl methyl sites for hydroxylation is 5. The van der Waals surface area contributed by atoms with Crippen molar-refractivity contribution in [2.75, 3.05) is 78.9 Å². The second kappa shape index (κ2) is 26.0. The van der Waals surface area contributed by atoms with Crippen molar-refractivity contribution in [2.24, 2.45) is 0 Å². The van der Waals surface area contributed by atoms with Crippen LogP contribution in [-0.4, -0.2) is 134 Å². The van der Waals surface area contributed by atoms with E-state index in [9.17, 15) is 42.1 Å². The molecule has 0 atom stereocenters. The Hall–Kier alpha value is -4.43. The van der Waals surface area contributed by atoms with Crippen molar-refractivity contribution in [1.82, 2.24) is 12.9 Å². The van der Waals surface area contributed by atoms with Crippen LogP contribution in [0.3, 0.4) is 0 Å². The monoisotopic (exact) mass is 1080 g/mol. The second-order valence-electron chi connectivity index (χ2n) is 16.8. The number of ether oxygens (including phenoxy) is 2. The molecule has 17 nitrogen and oxygen atoms in total. The number of hydrogen-bond acceptors (Lipinski definition) is 14. The minimum atomic E-state index is -4.38. The maximum absolute atomic E-state index is 14.5. The van der Waals surface area contributed by atoms with Crippen LogP contribution in [0.5, 0.6) is 0 Å². The summed E-state index contributed by atoms with van der Waals surface area (Å²) in [5, 5.41) is 0. The summed E-state index contributed by atoms with van der Waals surface area (Å²) in [5.74, 6) is 0. The normalized spacial score (nSPS) is 12.8. The molecule has 22 heteroatoms. The van der Waals surface area contributed by atoms with Crippen molar-refractivity contribution >= 4 is 50.3 Å². The first-order valence-corrected chi connectivity index (χ1v) is 29.9. The van der Waals surface area contributed by atoms with E-state index in [-0.39, 0.29) is 103 Å². The van der Waals surface area contributed by atoms with Gasteiger partial charge < -0.3 is 9.47 Å². The zero-order chi connectivity index (χ0) is 51.9. The molecule has 0 saturated carbocycles. The van der Waals surface area contributed by atoms with Crippen LogP contribution in [0.4, 0.5) is 0 Å². The summed E-state index contributed by atoms with van der Waals surface area (Å²) in [7, 11) is -20.9. The van der Waals surface area contributed by atoms with Gasteiger partial charge in [-0.15, -0.1) is 0 Å². The fourth-order valence-corrected chi connectivity index (χ4v) is 13.0. The molecule has 71 heavy (non-hydrogen) atoms. The SMILES string of the molecule is Cc1ccc(S(=O)(=O)OCCCOCCN(CCN(CCN(CCOCCCOS(=O)(=O)c2ccc(C)cc2)S(=O)(=O)c2ccc(C)cc2)S(=O)(=O)c2ccc(C)cc2)S(=O)(=O)c2ccc(C)cc2)cc1. The highest BCUT2D eigenvalue weighted by atomic mass is 32.2. The zero-order valence-electron chi connectivity index (χ0n) is 40.5. The van der Waals surface area contributed by atoms with Crippen LogP contribution in [-0.2, 0) is 68.1 Å². The minimum Gasteiger partial charge on any atom is -0.380 e. The number of hydrogen-bond donors (Lipinski definition) is 0. The Bertz CT molecular complexity index is 2880. The maximum atomic E-state index is 14.5. The van der Waals surface area contributed by atoms with Gasteiger partial charge in [-0.1, -0.05) is 88.5 Å². The van der Waals surface area contributed by atoms with Gasteiger partial charge in [0.2, 0.25) is 30.1 Å². The van der Waals surface area contributed by atoms with E-state index in [4.69, 9.17) is 17.8 Å². The van der Waals surface area contributed by atoms with Crippen LogP contribution in [0.1, 0.15) is 40.7 Å². The molecule has 0 aromatic heterocycles. The number of nitrogens with zero attached hydrogens (tertiary/aromatic N) is 3. The van der Waals surface area contributed by atoms with E-state index >= 15 is 0 Å². The number of rotatable bonds is 30. The molecule has 0 heterocycles. The lowest BCUT2D eigenvalue weighted by atomic mass is 10.2. The van der Waals surface area contributed by atoms with Crippen molar-refractivity contribution in [1.29, 1.82) is 0 Å². The van der Waals surface area contributed by atoms with Gasteiger partial charge in [-0.3, -0.25) is 8.37 Å². The van der Waals surface area contributed by atoms with Crippen molar-refractivity contribution < 1.29 is 59.9 Å². The summed E-state index contributed by atoms with van der Waals surface area (Å²) < 4.78 is 161. The third-order valence-corrected chi connectivity index (χ3v) is 19.5. The van der Waals surface area contributed by atoms with Gasteiger partial charge in [0.05, 0.1) is 50.9 Å². The summed E-state index contributed by atoms with van der Waals surface area (Å²) in [5.41, 5.74) is 4.20. The zero-order valence-corrected chi connectivity index (χ0v) is 44.6. The smallest absolute Gasteiger partial charge is 0.296 e. The Morgan fingerprint density at radius 1 is 0.296 bits per heavy atom. The van der Waals surface area contributed by atoms with Crippen molar-refractivity contribution in [3.05, 3.63) is 149 Å². The van der Waals surface area contributed by atoms with Gasteiger partial charge in [0.1, 0.15) is 0 Å². The predicted octanol–water partition coefficient (Wildman–Crippen LogP) is 6.23. The van der Waals surface area contributed by atoms with Crippen LogP contribution in [0.2, 0.25) is 0 Å². The van der Waals surface area contributed by atoms with E-state index in [1.807, 2.05) is 13.8 Å². The van der Waals surface area contributed by atoms with E-state index < -0.39 is 63.4 Å². The molecule has 0 amide bonds. The Balaban J connectivity index is 1.31. The molecular weight excluding hydrogens is 1010 g/mol. The van der Waals surface area contributed by atoms with Gasteiger partial charge >= 0.3 is 0 Å². The highest BCUT2D eigenvalue weighted by Crippen LogP contribution is 2.22. The first-order chi connectivity index (χ1) is 33.5. The minimum absolute atomic E-state index is 0.0128. The molecule has 0 aliphatic carbocycles. The summed E-state index contributed by atoms with van der Waals surface area (Å²) in [4.78, 5) is -0.146. The average molecular weight is 1080 g/mol. The lowest BCUT2D eigenvalue weighted by Gasteiger charge is -2.29. The molecule has 5 rings (SSSR count). The molecule has 0 radical (unpaired) electrons. The summed E-state index contributed by atoms with van der Waals surface area (Å²) in [6.07, 6.45) is 0.331. The molecule has 388 valence electrons. The maximum Gasteiger partial charge on any atom is 0.296 e. The third kappa shape index (κ3) is 16.8. The topological polar surface area (TPSA) is 217 Å². The first-order valence-electron chi connectivity index (χ1n) is 22.8. The molecule has 0 bridgehead atoms. The molecule has 0 spiro atoms. The Kier molecular flexibility index (Phi) is 21.0. The average Bonchev–Trinajstić information content (AvgIpc) is 3.32. The van der Waals surface area contributed by atoms with Crippen LogP contribution < -0.4 is 0 Å². The number of benzene rings is 5.